The summed E-state index contributed by atoms with van der Waals surface area (Å²) in [6.45, 7) is 0. The lowest BCUT2D eigenvalue weighted by Gasteiger charge is -2.20. The summed E-state index contributed by atoms with van der Waals surface area (Å²) in [6, 6.07) is 9.90. The first kappa shape index (κ1) is 17.3. The minimum Gasteiger partial charge on any atom is -0.497 e. The van der Waals surface area contributed by atoms with Crippen LogP contribution in [0.3, 0.4) is 0 Å². The first-order valence-electron chi connectivity index (χ1n) is 7.62. The SMILES string of the molecule is COc1ccc([C@@H]2Cc3cc(C(F)(F)F)ccc3NC(=O)[C@H]2O)cc1. The van der Waals surface area contributed by atoms with Crippen molar-refractivity contribution in [2.24, 2.45) is 0 Å². The van der Waals surface area contributed by atoms with E-state index in [1.165, 1.54) is 13.2 Å². The lowest BCUT2D eigenvalue weighted by atomic mass is 9.87. The molecule has 132 valence electrons. The zero-order valence-corrected chi connectivity index (χ0v) is 13.3. The van der Waals surface area contributed by atoms with Crippen LogP contribution in [0.25, 0.3) is 0 Å². The number of halogens is 3. The van der Waals surface area contributed by atoms with Gasteiger partial charge in [0.2, 0.25) is 0 Å². The summed E-state index contributed by atoms with van der Waals surface area (Å²) in [4.78, 5) is 12.2. The van der Waals surface area contributed by atoms with Crippen molar-refractivity contribution in [2.75, 3.05) is 12.4 Å². The van der Waals surface area contributed by atoms with Gasteiger partial charge in [-0.15, -0.1) is 0 Å². The number of hydrogen-bond acceptors (Lipinski definition) is 3. The second-order valence-corrected chi connectivity index (χ2v) is 5.89. The molecule has 3 rings (SSSR count). The van der Waals surface area contributed by atoms with Gasteiger partial charge < -0.3 is 15.2 Å². The molecule has 0 saturated heterocycles. The normalized spacial score (nSPS) is 20.4. The molecule has 0 spiro atoms. The van der Waals surface area contributed by atoms with E-state index < -0.39 is 29.7 Å². The molecule has 0 radical (unpaired) electrons. The molecule has 0 aromatic heterocycles. The van der Waals surface area contributed by atoms with Gasteiger partial charge in [0.1, 0.15) is 11.9 Å². The number of alkyl halides is 3. The first-order valence-corrected chi connectivity index (χ1v) is 7.62. The number of aliphatic hydroxyl groups is 1. The molecular formula is C18H16F3NO3. The highest BCUT2D eigenvalue weighted by molar-refractivity contribution is 5.96. The number of aliphatic hydroxyl groups excluding tert-OH is 1. The van der Waals surface area contributed by atoms with Crippen LogP contribution in [-0.2, 0) is 17.4 Å². The van der Waals surface area contributed by atoms with Gasteiger partial charge in [0.25, 0.3) is 5.91 Å². The number of anilines is 1. The fourth-order valence-electron chi connectivity index (χ4n) is 2.95. The summed E-state index contributed by atoms with van der Waals surface area (Å²) in [5, 5.41) is 12.8. The third kappa shape index (κ3) is 3.46. The maximum absolute atomic E-state index is 13.0. The minimum absolute atomic E-state index is 0.103. The smallest absolute Gasteiger partial charge is 0.416 e. The maximum atomic E-state index is 13.0. The van der Waals surface area contributed by atoms with Crippen LogP contribution in [0.4, 0.5) is 18.9 Å². The molecule has 2 atom stereocenters. The predicted molar refractivity (Wildman–Crippen MR) is 85.5 cm³/mol. The average molecular weight is 351 g/mol. The van der Waals surface area contributed by atoms with E-state index >= 15 is 0 Å². The minimum atomic E-state index is -4.47. The van der Waals surface area contributed by atoms with E-state index in [9.17, 15) is 23.1 Å². The van der Waals surface area contributed by atoms with E-state index in [0.29, 0.717) is 16.9 Å². The Morgan fingerprint density at radius 1 is 1.16 bits per heavy atom. The van der Waals surface area contributed by atoms with E-state index in [0.717, 1.165) is 12.1 Å². The van der Waals surface area contributed by atoms with Crippen molar-refractivity contribution >= 4 is 11.6 Å². The van der Waals surface area contributed by atoms with Gasteiger partial charge >= 0.3 is 6.18 Å². The predicted octanol–water partition coefficient (Wildman–Crippen LogP) is 3.35. The maximum Gasteiger partial charge on any atom is 0.416 e. The van der Waals surface area contributed by atoms with E-state index in [4.69, 9.17) is 4.74 Å². The number of hydrogen-bond donors (Lipinski definition) is 2. The van der Waals surface area contributed by atoms with Crippen LogP contribution in [0.15, 0.2) is 42.5 Å². The molecule has 4 nitrogen and oxygen atoms in total. The van der Waals surface area contributed by atoms with Crippen LogP contribution in [0, 0.1) is 0 Å². The summed E-state index contributed by atoms with van der Waals surface area (Å²) < 4.78 is 44.0. The van der Waals surface area contributed by atoms with Crippen molar-refractivity contribution in [2.45, 2.75) is 24.6 Å². The van der Waals surface area contributed by atoms with Crippen LogP contribution < -0.4 is 10.1 Å². The van der Waals surface area contributed by atoms with Gasteiger partial charge in [0.05, 0.1) is 12.7 Å². The van der Waals surface area contributed by atoms with Gasteiger partial charge in [-0.05, 0) is 47.9 Å². The quantitative estimate of drug-likeness (QED) is 0.872. The topological polar surface area (TPSA) is 58.6 Å². The van der Waals surface area contributed by atoms with Gasteiger partial charge in [-0.1, -0.05) is 12.1 Å². The molecule has 7 heteroatoms. The molecule has 0 fully saturated rings. The van der Waals surface area contributed by atoms with E-state index in [1.54, 1.807) is 24.3 Å². The molecule has 1 aliphatic heterocycles. The van der Waals surface area contributed by atoms with Gasteiger partial charge in [0.15, 0.2) is 0 Å². The van der Waals surface area contributed by atoms with Crippen LogP contribution in [0.5, 0.6) is 5.75 Å². The molecule has 2 aromatic rings. The molecule has 2 aromatic carbocycles. The molecular weight excluding hydrogens is 335 g/mol. The Labute approximate surface area is 142 Å². The summed E-state index contributed by atoms with van der Waals surface area (Å²) in [5.74, 6) is -0.689. The molecule has 0 bridgehead atoms. The standard InChI is InChI=1S/C18H16F3NO3/c1-25-13-5-2-10(3-6-13)14-9-11-8-12(18(19,20)21)4-7-15(11)22-17(24)16(14)23/h2-8,14,16,23H,9H2,1H3,(H,22,24)/t14-,16-/m0/s1. The van der Waals surface area contributed by atoms with Crippen molar-refractivity contribution in [3.8, 4) is 5.75 Å². The second-order valence-electron chi connectivity index (χ2n) is 5.89. The highest BCUT2D eigenvalue weighted by atomic mass is 19.4. The van der Waals surface area contributed by atoms with Crippen molar-refractivity contribution in [1.82, 2.24) is 0 Å². The lowest BCUT2D eigenvalue weighted by Crippen LogP contribution is -2.31. The molecule has 1 heterocycles. The van der Waals surface area contributed by atoms with E-state index in [1.807, 2.05) is 0 Å². The highest BCUT2D eigenvalue weighted by Gasteiger charge is 2.35. The number of amides is 1. The number of carbonyl (C=O) groups is 1. The molecule has 2 N–H and O–H groups in total. The van der Waals surface area contributed by atoms with E-state index in [2.05, 4.69) is 5.32 Å². The third-order valence-corrected chi connectivity index (χ3v) is 4.32. The Balaban J connectivity index is 2.01. The van der Waals surface area contributed by atoms with E-state index in [-0.39, 0.29) is 12.1 Å². The third-order valence-electron chi connectivity index (χ3n) is 4.32. The van der Waals surface area contributed by atoms with Crippen LogP contribution in [0.2, 0.25) is 0 Å². The monoisotopic (exact) mass is 351 g/mol. The largest absolute Gasteiger partial charge is 0.497 e. The molecule has 25 heavy (non-hydrogen) atoms. The Morgan fingerprint density at radius 2 is 1.84 bits per heavy atom. The molecule has 0 unspecified atom stereocenters. The van der Waals surface area contributed by atoms with Gasteiger partial charge in [0, 0.05) is 11.6 Å². The zero-order chi connectivity index (χ0) is 18.2. The van der Waals surface area contributed by atoms with Crippen LogP contribution in [0.1, 0.15) is 22.6 Å². The summed E-state index contributed by atoms with van der Waals surface area (Å²) >= 11 is 0. The van der Waals surface area contributed by atoms with Gasteiger partial charge in [-0.3, -0.25) is 4.79 Å². The molecule has 0 aliphatic carbocycles. The lowest BCUT2D eigenvalue weighted by molar-refractivity contribution is -0.137. The van der Waals surface area contributed by atoms with Crippen molar-refractivity contribution in [3.63, 3.8) is 0 Å². The Hall–Kier alpha value is -2.54. The Morgan fingerprint density at radius 3 is 2.44 bits per heavy atom. The number of rotatable bonds is 2. The number of nitrogens with one attached hydrogen (secondary N) is 1. The summed E-state index contributed by atoms with van der Waals surface area (Å²) in [5.41, 5.74) is 0.479. The Bertz CT molecular complexity index is 787. The summed E-state index contributed by atoms with van der Waals surface area (Å²) in [7, 11) is 1.51. The highest BCUT2D eigenvalue weighted by Crippen LogP contribution is 2.36. The first-order chi connectivity index (χ1) is 11.8. The molecule has 1 amide bonds. The number of carbonyl (C=O) groups excluding carboxylic acids is 1. The number of ether oxygens (including phenoxy) is 1. The fraction of sp³-hybridized carbons (Fsp3) is 0.278. The zero-order valence-electron chi connectivity index (χ0n) is 13.3. The molecule has 0 saturated carbocycles. The van der Waals surface area contributed by atoms with Gasteiger partial charge in [-0.2, -0.15) is 13.2 Å². The summed E-state index contributed by atoms with van der Waals surface area (Å²) in [6.07, 6.45) is -5.74. The second kappa shape index (κ2) is 6.40. The van der Waals surface area contributed by atoms with Crippen LogP contribution >= 0.6 is 0 Å². The number of benzene rings is 2. The van der Waals surface area contributed by atoms with Gasteiger partial charge in [-0.25, -0.2) is 0 Å². The van der Waals surface area contributed by atoms with Crippen molar-refractivity contribution in [3.05, 3.63) is 59.2 Å². The average Bonchev–Trinajstić information content (AvgIpc) is 2.71. The van der Waals surface area contributed by atoms with Crippen molar-refractivity contribution < 1.29 is 27.8 Å². The number of fused-ring (bicyclic) bond motifs is 1. The Kier molecular flexibility index (Phi) is 4.43. The molecule has 1 aliphatic rings. The fourth-order valence-corrected chi connectivity index (χ4v) is 2.95. The van der Waals surface area contributed by atoms with Crippen molar-refractivity contribution in [1.29, 1.82) is 0 Å². The van der Waals surface area contributed by atoms with Crippen LogP contribution in [-0.4, -0.2) is 24.2 Å². The number of methoxy groups -OCH3 is 1.